The van der Waals surface area contributed by atoms with Crippen LogP contribution in [-0.4, -0.2) is 11.0 Å². The third-order valence-electron chi connectivity index (χ3n) is 3.48. The first-order chi connectivity index (χ1) is 8.37. The molecule has 1 fully saturated rings. The Bertz CT molecular complexity index is 474. The summed E-state index contributed by atoms with van der Waals surface area (Å²) in [5.74, 6) is 0. The molecule has 4 nitrogen and oxygen atoms in total. The highest BCUT2D eigenvalue weighted by atomic mass is 35.5. The van der Waals surface area contributed by atoms with Crippen molar-refractivity contribution in [1.29, 1.82) is 0 Å². The number of nitro benzene ring substituents is 1. The first kappa shape index (κ1) is 13.1. The molecule has 0 saturated heterocycles. The van der Waals surface area contributed by atoms with Crippen molar-refractivity contribution < 1.29 is 4.92 Å². The SMILES string of the molecule is CC1(C)CCC(Nc2ccc([N+](=O)[O-])c(Cl)c2)C1. The Kier molecular flexibility index (Phi) is 3.48. The summed E-state index contributed by atoms with van der Waals surface area (Å²) in [7, 11) is 0. The summed E-state index contributed by atoms with van der Waals surface area (Å²) < 4.78 is 0. The summed E-state index contributed by atoms with van der Waals surface area (Å²) in [4.78, 5) is 10.2. The molecule has 0 heterocycles. The molecule has 0 aromatic heterocycles. The summed E-state index contributed by atoms with van der Waals surface area (Å²) in [6, 6.07) is 5.22. The number of nitro groups is 1. The average molecular weight is 269 g/mol. The lowest BCUT2D eigenvalue weighted by molar-refractivity contribution is -0.384. The van der Waals surface area contributed by atoms with Crippen LogP contribution in [0.25, 0.3) is 0 Å². The van der Waals surface area contributed by atoms with Gasteiger partial charge in [0.1, 0.15) is 5.02 Å². The fraction of sp³-hybridized carbons (Fsp3) is 0.538. The molecule has 0 spiro atoms. The second kappa shape index (κ2) is 4.76. The minimum atomic E-state index is -0.467. The van der Waals surface area contributed by atoms with Crippen LogP contribution in [0.3, 0.4) is 0 Å². The molecule has 2 rings (SSSR count). The normalized spacial score (nSPS) is 21.8. The molecule has 1 aliphatic rings. The lowest BCUT2D eigenvalue weighted by Crippen LogP contribution is -2.17. The highest BCUT2D eigenvalue weighted by molar-refractivity contribution is 6.32. The number of nitrogens with one attached hydrogen (secondary N) is 1. The predicted molar refractivity (Wildman–Crippen MR) is 73.1 cm³/mol. The van der Waals surface area contributed by atoms with Crippen LogP contribution in [0.1, 0.15) is 33.1 Å². The Balaban J connectivity index is 2.07. The van der Waals surface area contributed by atoms with Gasteiger partial charge in [0.15, 0.2) is 0 Å². The van der Waals surface area contributed by atoms with Gasteiger partial charge in [0.25, 0.3) is 5.69 Å². The van der Waals surface area contributed by atoms with Crippen molar-refractivity contribution >= 4 is 23.0 Å². The van der Waals surface area contributed by atoms with E-state index in [1.54, 1.807) is 12.1 Å². The zero-order valence-corrected chi connectivity index (χ0v) is 11.3. The highest BCUT2D eigenvalue weighted by Gasteiger charge is 2.30. The molecule has 1 aliphatic carbocycles. The van der Waals surface area contributed by atoms with E-state index in [4.69, 9.17) is 11.6 Å². The molecule has 1 N–H and O–H groups in total. The quantitative estimate of drug-likeness (QED) is 0.659. The summed E-state index contributed by atoms with van der Waals surface area (Å²) in [5, 5.41) is 14.2. The summed E-state index contributed by atoms with van der Waals surface area (Å²) in [5.41, 5.74) is 1.18. The number of benzene rings is 1. The van der Waals surface area contributed by atoms with Crippen molar-refractivity contribution in [2.45, 2.75) is 39.2 Å². The third-order valence-corrected chi connectivity index (χ3v) is 3.79. The molecule has 1 aromatic rings. The fourth-order valence-electron chi connectivity index (χ4n) is 2.54. The highest BCUT2D eigenvalue weighted by Crippen LogP contribution is 2.38. The van der Waals surface area contributed by atoms with Gasteiger partial charge >= 0.3 is 0 Å². The van der Waals surface area contributed by atoms with Gasteiger partial charge < -0.3 is 5.32 Å². The number of nitrogens with zero attached hydrogens (tertiary/aromatic N) is 1. The van der Waals surface area contributed by atoms with E-state index in [-0.39, 0.29) is 10.7 Å². The topological polar surface area (TPSA) is 55.2 Å². The average Bonchev–Trinajstić information content (AvgIpc) is 2.57. The lowest BCUT2D eigenvalue weighted by Gasteiger charge is -2.18. The monoisotopic (exact) mass is 268 g/mol. The number of rotatable bonds is 3. The summed E-state index contributed by atoms with van der Waals surface area (Å²) in [6.45, 7) is 4.52. The second-order valence-electron chi connectivity index (χ2n) is 5.67. The van der Waals surface area contributed by atoms with Crippen molar-refractivity contribution in [3.8, 4) is 0 Å². The third kappa shape index (κ3) is 2.93. The van der Waals surface area contributed by atoms with E-state index in [9.17, 15) is 10.1 Å². The zero-order chi connectivity index (χ0) is 13.3. The van der Waals surface area contributed by atoms with E-state index in [2.05, 4.69) is 19.2 Å². The Labute approximate surface area is 111 Å². The molecule has 1 atom stereocenters. The Morgan fingerprint density at radius 3 is 2.72 bits per heavy atom. The van der Waals surface area contributed by atoms with E-state index in [1.165, 1.54) is 12.5 Å². The molecular formula is C13H17ClN2O2. The molecule has 1 unspecified atom stereocenters. The Morgan fingerprint density at radius 1 is 1.50 bits per heavy atom. The van der Waals surface area contributed by atoms with Gasteiger partial charge in [-0.25, -0.2) is 0 Å². The van der Waals surface area contributed by atoms with Crippen molar-refractivity contribution in [2.24, 2.45) is 5.41 Å². The van der Waals surface area contributed by atoms with Crippen molar-refractivity contribution in [2.75, 3.05) is 5.32 Å². The molecule has 18 heavy (non-hydrogen) atoms. The van der Waals surface area contributed by atoms with Gasteiger partial charge in [0.05, 0.1) is 4.92 Å². The lowest BCUT2D eigenvalue weighted by atomic mass is 9.92. The minimum Gasteiger partial charge on any atom is -0.382 e. The molecule has 0 amide bonds. The number of anilines is 1. The molecule has 0 aliphatic heterocycles. The maximum atomic E-state index is 10.7. The van der Waals surface area contributed by atoms with Gasteiger partial charge in [-0.3, -0.25) is 10.1 Å². The largest absolute Gasteiger partial charge is 0.382 e. The maximum Gasteiger partial charge on any atom is 0.288 e. The maximum absolute atomic E-state index is 10.7. The van der Waals surface area contributed by atoms with Crippen LogP contribution in [-0.2, 0) is 0 Å². The molecule has 98 valence electrons. The van der Waals surface area contributed by atoms with Crippen LogP contribution in [0.4, 0.5) is 11.4 Å². The summed E-state index contributed by atoms with van der Waals surface area (Å²) in [6.07, 6.45) is 3.44. The van der Waals surface area contributed by atoms with Crippen molar-refractivity contribution in [1.82, 2.24) is 0 Å². The smallest absolute Gasteiger partial charge is 0.288 e. The first-order valence-corrected chi connectivity index (χ1v) is 6.46. The fourth-order valence-corrected chi connectivity index (χ4v) is 2.79. The second-order valence-corrected chi connectivity index (χ2v) is 6.08. The Morgan fingerprint density at radius 2 is 2.22 bits per heavy atom. The molecule has 1 saturated carbocycles. The molecule has 5 heteroatoms. The zero-order valence-electron chi connectivity index (χ0n) is 10.6. The number of hydrogen-bond donors (Lipinski definition) is 1. The standard InChI is InChI=1S/C13H17ClN2O2/c1-13(2)6-5-10(8-13)15-9-3-4-12(16(17)18)11(14)7-9/h3-4,7,10,15H,5-6,8H2,1-2H3. The van der Waals surface area contributed by atoms with E-state index in [0.29, 0.717) is 11.5 Å². The van der Waals surface area contributed by atoms with Crippen molar-refractivity contribution in [3.63, 3.8) is 0 Å². The van der Waals surface area contributed by atoms with Crippen LogP contribution in [0.2, 0.25) is 5.02 Å². The molecule has 1 aromatic carbocycles. The van der Waals surface area contributed by atoms with Crippen LogP contribution < -0.4 is 5.32 Å². The van der Waals surface area contributed by atoms with Gasteiger partial charge in [-0.15, -0.1) is 0 Å². The van der Waals surface area contributed by atoms with E-state index in [0.717, 1.165) is 18.5 Å². The molecule has 0 bridgehead atoms. The van der Waals surface area contributed by atoms with Gasteiger partial charge in [-0.2, -0.15) is 0 Å². The Hall–Kier alpha value is -1.29. The number of halogens is 1. The van der Waals surface area contributed by atoms with E-state index < -0.39 is 4.92 Å². The van der Waals surface area contributed by atoms with Gasteiger partial charge in [-0.05, 0) is 36.8 Å². The van der Waals surface area contributed by atoms with Crippen LogP contribution in [0.15, 0.2) is 18.2 Å². The van der Waals surface area contributed by atoms with Crippen LogP contribution in [0.5, 0.6) is 0 Å². The molecule has 0 radical (unpaired) electrons. The van der Waals surface area contributed by atoms with Crippen LogP contribution in [0, 0.1) is 15.5 Å². The summed E-state index contributed by atoms with van der Waals surface area (Å²) >= 11 is 5.88. The van der Waals surface area contributed by atoms with Crippen molar-refractivity contribution in [3.05, 3.63) is 33.3 Å². The first-order valence-electron chi connectivity index (χ1n) is 6.08. The number of hydrogen-bond acceptors (Lipinski definition) is 3. The van der Waals surface area contributed by atoms with E-state index >= 15 is 0 Å². The van der Waals surface area contributed by atoms with Gasteiger partial charge in [0, 0.05) is 17.8 Å². The van der Waals surface area contributed by atoms with Crippen LogP contribution >= 0.6 is 11.6 Å². The molecular weight excluding hydrogens is 252 g/mol. The van der Waals surface area contributed by atoms with E-state index in [1.807, 2.05) is 0 Å². The van der Waals surface area contributed by atoms with Gasteiger partial charge in [-0.1, -0.05) is 25.4 Å². The van der Waals surface area contributed by atoms with Gasteiger partial charge in [0.2, 0.25) is 0 Å². The predicted octanol–water partition coefficient (Wildman–Crippen LogP) is 4.24. The minimum absolute atomic E-state index is 0.0473.